The van der Waals surface area contributed by atoms with Crippen LogP contribution in [0, 0.1) is 5.92 Å². The fraction of sp³-hybridized carbons (Fsp3) is 0.750. The van der Waals surface area contributed by atoms with Crippen molar-refractivity contribution in [3.8, 4) is 0 Å². The van der Waals surface area contributed by atoms with Crippen LogP contribution < -0.4 is 21.7 Å². The van der Waals surface area contributed by atoms with Gasteiger partial charge in [-0.25, -0.2) is 4.79 Å². The molecule has 0 aromatic heterocycles. The van der Waals surface area contributed by atoms with Gasteiger partial charge in [0.2, 0.25) is 17.7 Å². The van der Waals surface area contributed by atoms with E-state index in [2.05, 4.69) is 16.0 Å². The normalized spacial score (nSPS) is 15.4. The quantitative estimate of drug-likeness (QED) is 0.222. The maximum Gasteiger partial charge on any atom is 0.326 e. The first-order valence-corrected chi connectivity index (χ1v) is 9.93. The van der Waals surface area contributed by atoms with E-state index in [0.717, 1.165) is 0 Å². The third-order valence-electron chi connectivity index (χ3n) is 3.77. The predicted molar refractivity (Wildman–Crippen MR) is 102 cm³/mol. The van der Waals surface area contributed by atoms with Crippen molar-refractivity contribution >= 4 is 35.5 Å². The Kier molecular flexibility index (Phi) is 11.7. The van der Waals surface area contributed by atoms with Crippen LogP contribution in [0.3, 0.4) is 0 Å². The van der Waals surface area contributed by atoms with Crippen LogP contribution >= 0.6 is 11.8 Å². The minimum atomic E-state index is -1.27. The molecule has 0 spiro atoms. The van der Waals surface area contributed by atoms with Crippen molar-refractivity contribution in [2.45, 2.75) is 51.4 Å². The van der Waals surface area contributed by atoms with E-state index in [1.54, 1.807) is 13.8 Å². The summed E-state index contributed by atoms with van der Waals surface area (Å²) in [5.74, 6) is -2.91. The van der Waals surface area contributed by atoms with Crippen molar-refractivity contribution in [1.82, 2.24) is 16.0 Å². The van der Waals surface area contributed by atoms with Gasteiger partial charge in [0.15, 0.2) is 0 Å². The Morgan fingerprint density at radius 3 is 2.04 bits per heavy atom. The third kappa shape index (κ3) is 9.07. The molecule has 156 valence electrons. The molecule has 4 atom stereocenters. The summed E-state index contributed by atoms with van der Waals surface area (Å²) in [7, 11) is 0. The van der Waals surface area contributed by atoms with Gasteiger partial charge in [0.25, 0.3) is 0 Å². The molecule has 0 radical (unpaired) electrons. The van der Waals surface area contributed by atoms with Gasteiger partial charge in [0.05, 0.1) is 12.6 Å². The maximum atomic E-state index is 12.2. The highest BCUT2D eigenvalue weighted by molar-refractivity contribution is 7.98. The average molecular weight is 407 g/mol. The first-order valence-electron chi connectivity index (χ1n) is 8.54. The lowest BCUT2D eigenvalue weighted by atomic mass is 10.0. The van der Waals surface area contributed by atoms with E-state index in [9.17, 15) is 24.3 Å². The number of aliphatic hydroxyl groups is 1. The molecule has 0 aliphatic rings. The molecule has 0 aromatic carbocycles. The zero-order chi connectivity index (χ0) is 21.1. The smallest absolute Gasteiger partial charge is 0.326 e. The van der Waals surface area contributed by atoms with E-state index in [1.165, 1.54) is 18.7 Å². The number of nitrogens with two attached hydrogens (primary N) is 1. The van der Waals surface area contributed by atoms with Gasteiger partial charge >= 0.3 is 5.97 Å². The fourth-order valence-corrected chi connectivity index (χ4v) is 2.51. The number of amides is 3. The van der Waals surface area contributed by atoms with Crippen LogP contribution in [0.15, 0.2) is 0 Å². The van der Waals surface area contributed by atoms with Crippen molar-refractivity contribution in [3.05, 3.63) is 0 Å². The molecule has 0 aliphatic carbocycles. The lowest BCUT2D eigenvalue weighted by Gasteiger charge is -2.23. The van der Waals surface area contributed by atoms with Gasteiger partial charge in [0, 0.05) is 0 Å². The van der Waals surface area contributed by atoms with E-state index < -0.39 is 54.5 Å². The van der Waals surface area contributed by atoms with Crippen molar-refractivity contribution in [2.75, 3.05) is 18.6 Å². The minimum absolute atomic E-state index is 0.346. The molecule has 0 bridgehead atoms. The molecule has 0 heterocycles. The number of thioether (sulfide) groups is 1. The van der Waals surface area contributed by atoms with Crippen LogP contribution in [0.2, 0.25) is 0 Å². The summed E-state index contributed by atoms with van der Waals surface area (Å²) in [5.41, 5.74) is 5.71. The molecule has 4 unspecified atom stereocenters. The van der Waals surface area contributed by atoms with Crippen molar-refractivity contribution < 1.29 is 29.4 Å². The Labute approximate surface area is 163 Å². The topological polar surface area (TPSA) is 171 Å². The number of hydrogen-bond acceptors (Lipinski definition) is 7. The monoisotopic (exact) mass is 406 g/mol. The van der Waals surface area contributed by atoms with Gasteiger partial charge in [0.1, 0.15) is 18.1 Å². The van der Waals surface area contributed by atoms with Crippen molar-refractivity contribution in [3.63, 3.8) is 0 Å². The minimum Gasteiger partial charge on any atom is -0.480 e. The number of carboxylic acid groups (broad SMARTS) is 1. The van der Waals surface area contributed by atoms with E-state index in [4.69, 9.17) is 10.8 Å². The molecule has 27 heavy (non-hydrogen) atoms. The van der Waals surface area contributed by atoms with E-state index >= 15 is 0 Å². The Morgan fingerprint density at radius 1 is 1.00 bits per heavy atom. The number of aliphatic carboxylic acids is 1. The van der Waals surface area contributed by atoms with E-state index in [0.29, 0.717) is 12.2 Å². The molecule has 0 rings (SSSR count). The van der Waals surface area contributed by atoms with Gasteiger partial charge < -0.3 is 31.9 Å². The summed E-state index contributed by atoms with van der Waals surface area (Å²) >= 11 is 1.52. The molecule has 0 aromatic rings. The highest BCUT2D eigenvalue weighted by atomic mass is 32.2. The fourth-order valence-electron chi connectivity index (χ4n) is 2.02. The lowest BCUT2D eigenvalue weighted by molar-refractivity contribution is -0.143. The van der Waals surface area contributed by atoms with E-state index in [-0.39, 0.29) is 5.92 Å². The second-order valence-electron chi connectivity index (χ2n) is 6.43. The van der Waals surface area contributed by atoms with Gasteiger partial charge in [-0.3, -0.25) is 14.4 Å². The first-order chi connectivity index (χ1) is 12.5. The maximum absolute atomic E-state index is 12.2. The van der Waals surface area contributed by atoms with Crippen LogP contribution in [0.1, 0.15) is 27.2 Å². The Morgan fingerprint density at radius 2 is 1.59 bits per heavy atom. The molecule has 7 N–H and O–H groups in total. The molecular weight excluding hydrogens is 376 g/mol. The number of rotatable bonds is 12. The van der Waals surface area contributed by atoms with Gasteiger partial charge in [-0.2, -0.15) is 11.8 Å². The predicted octanol–water partition coefficient (Wildman–Crippen LogP) is -1.73. The van der Waals surface area contributed by atoms with Gasteiger partial charge in [-0.05, 0) is 31.3 Å². The molecule has 11 heteroatoms. The second kappa shape index (κ2) is 12.5. The second-order valence-corrected chi connectivity index (χ2v) is 7.42. The molecule has 10 nitrogen and oxygen atoms in total. The van der Waals surface area contributed by atoms with Crippen LogP contribution in [0.5, 0.6) is 0 Å². The Balaban J connectivity index is 4.74. The summed E-state index contributed by atoms with van der Waals surface area (Å²) in [6.45, 7) is 3.97. The highest BCUT2D eigenvalue weighted by Crippen LogP contribution is 2.03. The van der Waals surface area contributed by atoms with Gasteiger partial charge in [-0.15, -0.1) is 0 Å². The lowest BCUT2D eigenvalue weighted by Crippen LogP contribution is -2.57. The summed E-state index contributed by atoms with van der Waals surface area (Å²) in [6, 6.07) is -4.25. The average Bonchev–Trinajstić information content (AvgIpc) is 2.60. The van der Waals surface area contributed by atoms with Crippen LogP contribution in [0.4, 0.5) is 0 Å². The number of carbonyl (C=O) groups excluding carboxylic acids is 3. The number of aliphatic hydroxyl groups excluding tert-OH is 1. The summed E-state index contributed by atoms with van der Waals surface area (Å²) < 4.78 is 0. The zero-order valence-electron chi connectivity index (χ0n) is 16.0. The first kappa shape index (κ1) is 25.1. The molecule has 0 fully saturated rings. The van der Waals surface area contributed by atoms with Gasteiger partial charge in [-0.1, -0.05) is 13.8 Å². The molecule has 0 saturated heterocycles. The standard InChI is InChI=1S/C16H30N4O6S/c1-8(2)12(16(25)26)20-13(22)9(3)18-15(24)11(7-21)19-14(23)10(17)5-6-27-4/h8-12,21H,5-7,17H2,1-4H3,(H,18,24)(H,19,23)(H,20,22)(H,25,26). The molecule has 3 amide bonds. The largest absolute Gasteiger partial charge is 0.480 e. The van der Waals surface area contributed by atoms with Crippen LogP contribution in [0.25, 0.3) is 0 Å². The SMILES string of the molecule is CSCCC(N)C(=O)NC(CO)C(=O)NC(C)C(=O)NC(C(=O)O)C(C)C. The molecule has 0 aliphatic heterocycles. The van der Waals surface area contributed by atoms with E-state index in [1.807, 2.05) is 6.26 Å². The molecular formula is C16H30N4O6S. The zero-order valence-corrected chi connectivity index (χ0v) is 16.8. The highest BCUT2D eigenvalue weighted by Gasteiger charge is 2.29. The summed E-state index contributed by atoms with van der Waals surface area (Å²) in [4.78, 5) is 47.4. The van der Waals surface area contributed by atoms with Crippen molar-refractivity contribution in [2.24, 2.45) is 11.7 Å². The number of carboxylic acids is 1. The van der Waals surface area contributed by atoms with Crippen LogP contribution in [-0.2, 0) is 19.2 Å². The number of hydrogen-bond donors (Lipinski definition) is 6. The number of carbonyl (C=O) groups is 4. The summed E-state index contributed by atoms with van der Waals surface area (Å²) in [6.07, 6.45) is 2.28. The van der Waals surface area contributed by atoms with Crippen LogP contribution in [-0.4, -0.2) is 76.7 Å². The number of nitrogens with one attached hydrogen (secondary N) is 3. The third-order valence-corrected chi connectivity index (χ3v) is 4.41. The Bertz CT molecular complexity index is 531. The summed E-state index contributed by atoms with van der Waals surface area (Å²) in [5, 5.41) is 25.5. The molecule has 0 saturated carbocycles. The Hall–Kier alpha value is -1.85. The van der Waals surface area contributed by atoms with Crippen molar-refractivity contribution in [1.29, 1.82) is 0 Å².